The minimum absolute atomic E-state index is 0.155. The van der Waals surface area contributed by atoms with Gasteiger partial charge in [0, 0.05) is 11.1 Å². The smallest absolute Gasteiger partial charge is 0.123 e. The summed E-state index contributed by atoms with van der Waals surface area (Å²) in [6.07, 6.45) is 4.52. The third-order valence-corrected chi connectivity index (χ3v) is 3.01. The number of aromatic hydroxyl groups is 1. The van der Waals surface area contributed by atoms with Crippen LogP contribution in [0.25, 0.3) is 5.57 Å². The maximum atomic E-state index is 9.96. The van der Waals surface area contributed by atoms with Crippen LogP contribution in [-0.4, -0.2) is 10.2 Å². The number of phenols is 1. The molecule has 0 fully saturated rings. The number of aliphatic hydroxyl groups is 1. The highest BCUT2D eigenvalue weighted by atomic mass is 16.3. The second-order valence-electron chi connectivity index (χ2n) is 4.77. The number of allylic oxidation sites excluding steroid dienone is 3. The first-order valence-corrected chi connectivity index (χ1v) is 5.41. The first-order chi connectivity index (χ1) is 7.52. The molecule has 2 rings (SSSR count). The van der Waals surface area contributed by atoms with Crippen LogP contribution in [0.5, 0.6) is 5.75 Å². The molecule has 0 radical (unpaired) electrons. The summed E-state index contributed by atoms with van der Waals surface area (Å²) in [7, 11) is 0. The van der Waals surface area contributed by atoms with Crippen molar-refractivity contribution >= 4 is 5.57 Å². The average Bonchev–Trinajstić information content (AvgIpc) is 2.19. The van der Waals surface area contributed by atoms with Gasteiger partial charge < -0.3 is 10.2 Å². The van der Waals surface area contributed by atoms with Crippen LogP contribution in [0.2, 0.25) is 0 Å². The molecule has 1 aromatic carbocycles. The Labute approximate surface area is 95.6 Å². The van der Waals surface area contributed by atoms with E-state index in [4.69, 9.17) is 0 Å². The van der Waals surface area contributed by atoms with Crippen LogP contribution in [0.4, 0.5) is 0 Å². The second kappa shape index (κ2) is 3.71. The van der Waals surface area contributed by atoms with Crippen LogP contribution in [0.1, 0.15) is 25.8 Å². The summed E-state index contributed by atoms with van der Waals surface area (Å²) in [5.74, 6) is 0.463. The molecule has 1 aromatic rings. The van der Waals surface area contributed by atoms with Crippen LogP contribution in [-0.2, 0) is 0 Å². The molecule has 0 aromatic heterocycles. The van der Waals surface area contributed by atoms with E-state index < -0.39 is 0 Å². The summed E-state index contributed by atoms with van der Waals surface area (Å²) >= 11 is 0. The Kier molecular flexibility index (Phi) is 2.50. The number of aliphatic hydroxyl groups excluding tert-OH is 1. The summed E-state index contributed by atoms with van der Waals surface area (Å²) in [6.45, 7) is 4.13. The standard InChI is InChI=1S/C14H16O2/c1-14(2)9-5-8-12(16)13(14)10-6-3-4-7-11(10)15/h3-8,15-16H,9H2,1-2H3. The van der Waals surface area contributed by atoms with Gasteiger partial charge in [0.05, 0.1) is 0 Å². The van der Waals surface area contributed by atoms with E-state index in [1.54, 1.807) is 18.2 Å². The number of rotatable bonds is 1. The fourth-order valence-corrected chi connectivity index (χ4v) is 2.18. The molecular weight excluding hydrogens is 200 g/mol. The summed E-state index contributed by atoms with van der Waals surface area (Å²) in [4.78, 5) is 0. The fraction of sp³-hybridized carbons (Fsp3) is 0.286. The maximum absolute atomic E-state index is 9.96. The molecule has 0 aliphatic heterocycles. The SMILES string of the molecule is CC1(C)CC=CC(O)=C1c1ccccc1O. The Hall–Kier alpha value is -1.70. The minimum Gasteiger partial charge on any atom is -0.508 e. The molecular formula is C14H16O2. The Balaban J connectivity index is 2.62. The first kappa shape index (κ1) is 10.8. The van der Waals surface area contributed by atoms with Gasteiger partial charge in [-0.05, 0) is 24.0 Å². The third-order valence-electron chi connectivity index (χ3n) is 3.01. The molecule has 1 aliphatic rings. The molecule has 0 saturated heterocycles. The van der Waals surface area contributed by atoms with E-state index in [2.05, 4.69) is 13.8 Å². The first-order valence-electron chi connectivity index (χ1n) is 5.41. The summed E-state index contributed by atoms with van der Waals surface area (Å²) < 4.78 is 0. The Morgan fingerprint density at radius 2 is 1.81 bits per heavy atom. The summed E-state index contributed by atoms with van der Waals surface area (Å²) in [6, 6.07) is 7.12. The molecule has 2 heteroatoms. The van der Waals surface area contributed by atoms with Crippen molar-refractivity contribution in [1.29, 1.82) is 0 Å². The fourth-order valence-electron chi connectivity index (χ4n) is 2.18. The van der Waals surface area contributed by atoms with Gasteiger partial charge in [-0.1, -0.05) is 38.1 Å². The van der Waals surface area contributed by atoms with Crippen LogP contribution in [0.3, 0.4) is 0 Å². The van der Waals surface area contributed by atoms with Gasteiger partial charge in [-0.2, -0.15) is 0 Å². The second-order valence-corrected chi connectivity index (χ2v) is 4.77. The molecule has 2 N–H and O–H groups in total. The van der Waals surface area contributed by atoms with E-state index >= 15 is 0 Å². The number of phenolic OH excluding ortho intramolecular Hbond substituents is 1. The number of benzene rings is 1. The van der Waals surface area contributed by atoms with Crippen molar-refractivity contribution in [3.8, 4) is 5.75 Å². The Morgan fingerprint density at radius 1 is 1.12 bits per heavy atom. The van der Waals surface area contributed by atoms with E-state index in [1.165, 1.54) is 0 Å². The molecule has 0 unspecified atom stereocenters. The average molecular weight is 216 g/mol. The van der Waals surface area contributed by atoms with E-state index in [1.807, 2.05) is 18.2 Å². The number of para-hydroxylation sites is 1. The zero-order valence-electron chi connectivity index (χ0n) is 9.57. The van der Waals surface area contributed by atoms with Crippen molar-refractivity contribution in [2.75, 3.05) is 0 Å². The molecule has 0 spiro atoms. The lowest BCUT2D eigenvalue weighted by molar-refractivity contribution is 0.399. The van der Waals surface area contributed by atoms with Crippen LogP contribution in [0.15, 0.2) is 42.2 Å². The summed E-state index contributed by atoms with van der Waals surface area (Å²) in [5.41, 5.74) is 1.37. The molecule has 0 bridgehead atoms. The minimum atomic E-state index is -0.155. The quantitative estimate of drug-likeness (QED) is 0.752. The zero-order valence-corrected chi connectivity index (χ0v) is 9.57. The van der Waals surface area contributed by atoms with Gasteiger partial charge in [0.15, 0.2) is 0 Å². The van der Waals surface area contributed by atoms with Crippen molar-refractivity contribution in [3.63, 3.8) is 0 Å². The van der Waals surface area contributed by atoms with Gasteiger partial charge in [0.2, 0.25) is 0 Å². The Morgan fingerprint density at radius 3 is 2.44 bits per heavy atom. The molecule has 2 nitrogen and oxygen atoms in total. The van der Waals surface area contributed by atoms with Crippen LogP contribution < -0.4 is 0 Å². The van der Waals surface area contributed by atoms with Crippen LogP contribution in [0, 0.1) is 5.41 Å². The van der Waals surface area contributed by atoms with E-state index in [-0.39, 0.29) is 16.9 Å². The topological polar surface area (TPSA) is 40.5 Å². The van der Waals surface area contributed by atoms with Crippen molar-refractivity contribution in [2.24, 2.45) is 5.41 Å². The van der Waals surface area contributed by atoms with E-state index in [0.29, 0.717) is 5.56 Å². The number of hydrogen-bond acceptors (Lipinski definition) is 2. The van der Waals surface area contributed by atoms with Crippen molar-refractivity contribution in [2.45, 2.75) is 20.3 Å². The van der Waals surface area contributed by atoms with Gasteiger partial charge in [-0.3, -0.25) is 0 Å². The van der Waals surface area contributed by atoms with Crippen molar-refractivity contribution in [1.82, 2.24) is 0 Å². The highest BCUT2D eigenvalue weighted by Gasteiger charge is 2.30. The molecule has 1 aliphatic carbocycles. The molecule has 0 heterocycles. The number of hydrogen-bond donors (Lipinski definition) is 2. The maximum Gasteiger partial charge on any atom is 0.123 e. The predicted molar refractivity (Wildman–Crippen MR) is 65.2 cm³/mol. The van der Waals surface area contributed by atoms with Gasteiger partial charge in [-0.25, -0.2) is 0 Å². The molecule has 0 saturated carbocycles. The van der Waals surface area contributed by atoms with Gasteiger partial charge in [-0.15, -0.1) is 0 Å². The predicted octanol–water partition coefficient (Wildman–Crippen LogP) is 3.65. The highest BCUT2D eigenvalue weighted by molar-refractivity contribution is 5.77. The van der Waals surface area contributed by atoms with Crippen molar-refractivity contribution < 1.29 is 10.2 Å². The van der Waals surface area contributed by atoms with Gasteiger partial charge >= 0.3 is 0 Å². The normalized spacial score (nSPS) is 18.9. The van der Waals surface area contributed by atoms with E-state index in [9.17, 15) is 10.2 Å². The lowest BCUT2D eigenvalue weighted by atomic mass is 9.74. The highest BCUT2D eigenvalue weighted by Crippen LogP contribution is 2.44. The monoisotopic (exact) mass is 216 g/mol. The van der Waals surface area contributed by atoms with Crippen molar-refractivity contribution in [3.05, 3.63) is 47.7 Å². The molecule has 0 amide bonds. The molecule has 16 heavy (non-hydrogen) atoms. The Bertz CT molecular complexity index is 467. The molecule has 0 atom stereocenters. The van der Waals surface area contributed by atoms with Gasteiger partial charge in [0.25, 0.3) is 0 Å². The lowest BCUT2D eigenvalue weighted by Gasteiger charge is -2.30. The van der Waals surface area contributed by atoms with Crippen LogP contribution >= 0.6 is 0 Å². The molecule has 84 valence electrons. The zero-order chi connectivity index (χ0) is 11.8. The largest absolute Gasteiger partial charge is 0.508 e. The third kappa shape index (κ3) is 1.71. The summed E-state index contributed by atoms with van der Waals surface area (Å²) in [5, 5.41) is 19.8. The van der Waals surface area contributed by atoms with Gasteiger partial charge in [0.1, 0.15) is 11.5 Å². The van der Waals surface area contributed by atoms with E-state index in [0.717, 1.165) is 12.0 Å². The lowest BCUT2D eigenvalue weighted by Crippen LogP contribution is -2.17.